The molecule has 0 bridgehead atoms. The number of hydrogen-bond acceptors (Lipinski definition) is 4. The van der Waals surface area contributed by atoms with E-state index in [1.807, 2.05) is 0 Å². The van der Waals surface area contributed by atoms with Gasteiger partial charge in [-0.25, -0.2) is 0 Å². The number of carbonyl (C=O) groups is 2. The third-order valence-corrected chi connectivity index (χ3v) is 6.24. The van der Waals surface area contributed by atoms with Crippen LogP contribution in [0.15, 0.2) is 60.9 Å². The fraction of sp³-hybridized carbons (Fsp3) is 0.333. The van der Waals surface area contributed by atoms with Gasteiger partial charge in [-0.15, -0.1) is 13.2 Å². The fourth-order valence-electron chi connectivity index (χ4n) is 4.53. The molecule has 0 radical (unpaired) electrons. The number of amides is 2. The molecular weight excluding hydrogens is 435 g/mol. The molecule has 2 saturated heterocycles. The summed E-state index contributed by atoms with van der Waals surface area (Å²) in [5, 5.41) is 3.21. The Labute approximate surface area is 189 Å². The fourth-order valence-corrected chi connectivity index (χ4v) is 4.53. The van der Waals surface area contributed by atoms with E-state index in [1.165, 1.54) is 23.1 Å². The Morgan fingerprint density at radius 3 is 2.45 bits per heavy atom. The van der Waals surface area contributed by atoms with Crippen molar-refractivity contribution in [3.8, 4) is 5.75 Å². The molecule has 0 spiro atoms. The number of rotatable bonds is 4. The lowest BCUT2D eigenvalue weighted by Crippen LogP contribution is -2.57. The molecule has 2 atom stereocenters. The standard InChI is InChI=1S/C24H24F3N3O3/c1-15-28-23(2,17-6-4-7-19(14-17)33-24(25,26)27)21(22(32)29(15)3)16-9-11-18(12-10-16)30-13-5-8-20(30)31/h4,6-7,9-12,14,21,28H,1,5,8,13H2,2-3H3. The molecule has 6 nitrogen and oxygen atoms in total. The highest BCUT2D eigenvalue weighted by atomic mass is 19.4. The zero-order valence-electron chi connectivity index (χ0n) is 18.3. The van der Waals surface area contributed by atoms with Crippen LogP contribution in [0.3, 0.4) is 0 Å². The van der Waals surface area contributed by atoms with E-state index in [9.17, 15) is 22.8 Å². The number of benzene rings is 2. The first-order chi connectivity index (χ1) is 15.5. The van der Waals surface area contributed by atoms with E-state index in [4.69, 9.17) is 0 Å². The highest BCUT2D eigenvalue weighted by Crippen LogP contribution is 2.43. The van der Waals surface area contributed by atoms with Gasteiger partial charge in [-0.3, -0.25) is 9.59 Å². The number of hydrogen-bond donors (Lipinski definition) is 1. The molecule has 2 aromatic rings. The Kier molecular flexibility index (Phi) is 5.59. The maximum absolute atomic E-state index is 13.4. The minimum Gasteiger partial charge on any atom is -0.406 e. The van der Waals surface area contributed by atoms with Gasteiger partial charge in [0.05, 0.1) is 11.5 Å². The number of nitrogens with zero attached hydrogens (tertiary/aromatic N) is 2. The summed E-state index contributed by atoms with van der Waals surface area (Å²) < 4.78 is 42.4. The average Bonchev–Trinajstić information content (AvgIpc) is 3.17. The van der Waals surface area contributed by atoms with Crippen molar-refractivity contribution in [3.63, 3.8) is 0 Å². The van der Waals surface area contributed by atoms with Crippen LogP contribution < -0.4 is 15.0 Å². The van der Waals surface area contributed by atoms with Crippen molar-refractivity contribution in [1.82, 2.24) is 10.2 Å². The molecule has 0 saturated carbocycles. The van der Waals surface area contributed by atoms with E-state index >= 15 is 0 Å². The molecule has 33 heavy (non-hydrogen) atoms. The summed E-state index contributed by atoms with van der Waals surface area (Å²) in [5.74, 6) is -1.01. The number of anilines is 1. The first-order valence-corrected chi connectivity index (χ1v) is 10.5. The lowest BCUT2D eigenvalue weighted by molar-refractivity contribution is -0.274. The van der Waals surface area contributed by atoms with Crippen LogP contribution in [0, 0.1) is 0 Å². The maximum Gasteiger partial charge on any atom is 0.573 e. The van der Waals surface area contributed by atoms with Crippen LogP contribution in [-0.4, -0.2) is 36.7 Å². The lowest BCUT2D eigenvalue weighted by atomic mass is 9.73. The molecule has 0 aromatic heterocycles. The minimum absolute atomic E-state index is 0.0560. The summed E-state index contributed by atoms with van der Waals surface area (Å²) in [6.07, 6.45) is -3.53. The van der Waals surface area contributed by atoms with Crippen LogP contribution in [0.4, 0.5) is 18.9 Å². The summed E-state index contributed by atoms with van der Waals surface area (Å²) in [6, 6.07) is 12.7. The molecule has 2 aliphatic rings. The molecule has 1 N–H and O–H groups in total. The first kappa shape index (κ1) is 22.7. The van der Waals surface area contributed by atoms with Crippen LogP contribution in [0.1, 0.15) is 36.8 Å². The summed E-state index contributed by atoms with van der Waals surface area (Å²) in [7, 11) is 1.59. The second-order valence-corrected chi connectivity index (χ2v) is 8.42. The second kappa shape index (κ2) is 8.13. The maximum atomic E-state index is 13.4. The summed E-state index contributed by atoms with van der Waals surface area (Å²) >= 11 is 0. The lowest BCUT2D eigenvalue weighted by Gasteiger charge is -2.47. The summed E-state index contributed by atoms with van der Waals surface area (Å²) in [6.45, 7) is 6.29. The predicted molar refractivity (Wildman–Crippen MR) is 116 cm³/mol. The van der Waals surface area contributed by atoms with Gasteiger partial charge in [0.25, 0.3) is 0 Å². The summed E-state index contributed by atoms with van der Waals surface area (Å²) in [5.41, 5.74) is 0.747. The molecule has 9 heteroatoms. The van der Waals surface area contributed by atoms with Crippen molar-refractivity contribution < 1.29 is 27.5 Å². The van der Waals surface area contributed by atoms with Crippen molar-refractivity contribution in [2.75, 3.05) is 18.5 Å². The SMILES string of the molecule is C=C1NC(C)(c2cccc(OC(F)(F)F)c2)C(c2ccc(N3CCCC3=O)cc2)C(=O)N1C. The van der Waals surface area contributed by atoms with E-state index in [1.54, 1.807) is 49.2 Å². The van der Waals surface area contributed by atoms with E-state index < -0.39 is 17.8 Å². The van der Waals surface area contributed by atoms with Gasteiger partial charge < -0.3 is 19.9 Å². The van der Waals surface area contributed by atoms with E-state index in [0.717, 1.165) is 12.1 Å². The minimum atomic E-state index is -4.83. The van der Waals surface area contributed by atoms with E-state index in [0.29, 0.717) is 29.9 Å². The second-order valence-electron chi connectivity index (χ2n) is 8.42. The molecule has 0 aliphatic carbocycles. The molecule has 4 rings (SSSR count). The van der Waals surface area contributed by atoms with Gasteiger partial charge in [0.1, 0.15) is 11.6 Å². The van der Waals surface area contributed by atoms with E-state index in [2.05, 4.69) is 16.6 Å². The molecule has 2 aliphatic heterocycles. The smallest absolute Gasteiger partial charge is 0.406 e. The molecular formula is C24H24F3N3O3. The average molecular weight is 459 g/mol. The Hall–Kier alpha value is -3.49. The monoisotopic (exact) mass is 459 g/mol. The predicted octanol–water partition coefficient (Wildman–Crippen LogP) is 4.24. The summed E-state index contributed by atoms with van der Waals surface area (Å²) in [4.78, 5) is 28.5. The normalized spacial score (nSPS) is 23.7. The van der Waals surface area contributed by atoms with Crippen LogP contribution in [0.2, 0.25) is 0 Å². The van der Waals surface area contributed by atoms with Crippen LogP contribution in [0.5, 0.6) is 5.75 Å². The Morgan fingerprint density at radius 2 is 1.85 bits per heavy atom. The molecule has 2 amide bonds. The van der Waals surface area contributed by atoms with Crippen LogP contribution in [-0.2, 0) is 15.1 Å². The Bertz CT molecular complexity index is 1100. The topological polar surface area (TPSA) is 61.9 Å². The van der Waals surface area contributed by atoms with Crippen molar-refractivity contribution in [2.24, 2.45) is 0 Å². The molecule has 2 heterocycles. The zero-order valence-corrected chi connectivity index (χ0v) is 18.3. The molecule has 174 valence electrons. The third-order valence-electron chi connectivity index (χ3n) is 6.24. The number of carbonyl (C=O) groups excluding carboxylic acids is 2. The quantitative estimate of drug-likeness (QED) is 0.743. The van der Waals surface area contributed by atoms with Gasteiger partial charge in [0.2, 0.25) is 11.8 Å². The number of likely N-dealkylation sites (N-methyl/N-ethyl adjacent to an activating group) is 1. The molecule has 2 aromatic carbocycles. The van der Waals surface area contributed by atoms with Crippen LogP contribution in [0.25, 0.3) is 0 Å². The first-order valence-electron chi connectivity index (χ1n) is 10.5. The van der Waals surface area contributed by atoms with Gasteiger partial charge in [-0.05, 0) is 48.7 Å². The third kappa shape index (κ3) is 4.27. The van der Waals surface area contributed by atoms with Crippen LogP contribution >= 0.6 is 0 Å². The number of halogens is 3. The number of alkyl halides is 3. The Morgan fingerprint density at radius 1 is 1.15 bits per heavy atom. The van der Waals surface area contributed by atoms with Gasteiger partial charge in [-0.2, -0.15) is 0 Å². The molecule has 2 fully saturated rings. The van der Waals surface area contributed by atoms with Gasteiger partial charge >= 0.3 is 6.36 Å². The number of ether oxygens (including phenoxy) is 1. The Balaban J connectivity index is 1.74. The van der Waals surface area contributed by atoms with Crippen molar-refractivity contribution in [2.45, 2.75) is 37.6 Å². The zero-order chi connectivity index (χ0) is 24.0. The van der Waals surface area contributed by atoms with E-state index in [-0.39, 0.29) is 17.6 Å². The van der Waals surface area contributed by atoms with Gasteiger partial charge in [0, 0.05) is 25.7 Å². The highest BCUT2D eigenvalue weighted by Gasteiger charge is 2.48. The van der Waals surface area contributed by atoms with Crippen molar-refractivity contribution >= 4 is 17.5 Å². The largest absolute Gasteiger partial charge is 0.573 e. The highest BCUT2D eigenvalue weighted by molar-refractivity contribution is 5.95. The van der Waals surface area contributed by atoms with Gasteiger partial charge in [-0.1, -0.05) is 30.8 Å². The van der Waals surface area contributed by atoms with Crippen molar-refractivity contribution in [3.05, 3.63) is 72.1 Å². The number of nitrogens with one attached hydrogen (secondary N) is 1. The van der Waals surface area contributed by atoms with Crippen molar-refractivity contribution in [1.29, 1.82) is 0 Å². The molecule has 2 unspecified atom stereocenters. The van der Waals surface area contributed by atoms with Gasteiger partial charge in [0.15, 0.2) is 0 Å².